The first-order chi connectivity index (χ1) is 18.9. The lowest BCUT2D eigenvalue weighted by atomic mass is 9.99. The van der Waals surface area contributed by atoms with Crippen LogP contribution in [0.25, 0.3) is 10.9 Å². The molecule has 0 unspecified atom stereocenters. The highest BCUT2D eigenvalue weighted by atomic mass is 35.5. The van der Waals surface area contributed by atoms with E-state index in [2.05, 4.69) is 27.3 Å². The van der Waals surface area contributed by atoms with Crippen molar-refractivity contribution in [2.75, 3.05) is 14.1 Å². The van der Waals surface area contributed by atoms with Gasteiger partial charge in [0.05, 0.1) is 17.0 Å². The first kappa shape index (κ1) is 26.2. The summed E-state index contributed by atoms with van der Waals surface area (Å²) in [6.45, 7) is 1.18. The zero-order valence-electron chi connectivity index (χ0n) is 21.8. The van der Waals surface area contributed by atoms with Crippen molar-refractivity contribution in [1.29, 1.82) is 0 Å². The summed E-state index contributed by atoms with van der Waals surface area (Å²) < 4.78 is 0. The molecule has 1 heterocycles. The topological polar surface area (TPSA) is 80.7 Å². The van der Waals surface area contributed by atoms with Gasteiger partial charge in [0.25, 0.3) is 5.91 Å². The van der Waals surface area contributed by atoms with Gasteiger partial charge in [0.2, 0.25) is 0 Å². The number of nitrogens with one attached hydrogen (secondary N) is 2. The van der Waals surface area contributed by atoms with Crippen LogP contribution in [-0.4, -0.2) is 40.7 Å². The fraction of sp³-hybridized carbons (Fsp3) is 0.125. The average molecular weight is 537 g/mol. The van der Waals surface area contributed by atoms with Crippen LogP contribution in [0.4, 0.5) is 5.69 Å². The average Bonchev–Trinajstić information content (AvgIpc) is 3.26. The monoisotopic (exact) mass is 536 g/mol. The predicted molar refractivity (Wildman–Crippen MR) is 158 cm³/mol. The van der Waals surface area contributed by atoms with Gasteiger partial charge in [0.15, 0.2) is 5.88 Å². The summed E-state index contributed by atoms with van der Waals surface area (Å²) >= 11 is 6.07. The van der Waals surface area contributed by atoms with Gasteiger partial charge in [0, 0.05) is 40.1 Å². The van der Waals surface area contributed by atoms with E-state index in [9.17, 15) is 9.90 Å². The Labute approximate surface area is 232 Å². The zero-order valence-corrected chi connectivity index (χ0v) is 22.5. The van der Waals surface area contributed by atoms with Crippen LogP contribution in [0.1, 0.15) is 32.6 Å². The molecule has 196 valence electrons. The molecule has 0 fully saturated rings. The molecule has 0 saturated heterocycles. The Morgan fingerprint density at radius 3 is 2.38 bits per heavy atom. The number of halogens is 1. The molecular formula is C32H29ClN4O2. The lowest BCUT2D eigenvalue weighted by Gasteiger charge is -2.11. The molecule has 0 saturated carbocycles. The summed E-state index contributed by atoms with van der Waals surface area (Å²) in [5.41, 5.74) is 6.04. The van der Waals surface area contributed by atoms with Gasteiger partial charge in [-0.3, -0.25) is 4.79 Å². The number of nitrogens with zero attached hydrogens (tertiary/aromatic N) is 2. The van der Waals surface area contributed by atoms with Gasteiger partial charge in [0.1, 0.15) is 0 Å². The number of aromatic amines is 1. The van der Waals surface area contributed by atoms with Crippen LogP contribution < -0.4 is 5.32 Å². The van der Waals surface area contributed by atoms with Crippen LogP contribution in [0.5, 0.6) is 5.88 Å². The maximum atomic E-state index is 13.1. The molecule has 5 aromatic rings. The highest BCUT2D eigenvalue weighted by molar-refractivity contribution is 6.30. The minimum atomic E-state index is -0.224. The molecule has 0 radical (unpaired) electrons. The summed E-state index contributed by atoms with van der Waals surface area (Å²) in [6, 6.07) is 30.5. The molecular weight excluding hydrogens is 508 g/mol. The molecule has 0 aliphatic rings. The molecule has 5 rings (SSSR count). The molecule has 0 aliphatic heterocycles. The van der Waals surface area contributed by atoms with Crippen LogP contribution in [0.2, 0.25) is 5.02 Å². The fourth-order valence-electron chi connectivity index (χ4n) is 4.52. The highest BCUT2D eigenvalue weighted by Gasteiger charge is 2.20. The van der Waals surface area contributed by atoms with Crippen LogP contribution in [-0.2, 0) is 13.1 Å². The van der Waals surface area contributed by atoms with Crippen molar-refractivity contribution in [3.8, 4) is 5.88 Å². The van der Waals surface area contributed by atoms with Gasteiger partial charge in [-0.05, 0) is 67.7 Å². The molecule has 0 bridgehead atoms. The van der Waals surface area contributed by atoms with Crippen LogP contribution >= 0.6 is 11.6 Å². The Balaban J connectivity index is 1.53. The van der Waals surface area contributed by atoms with Crippen molar-refractivity contribution in [3.05, 3.63) is 130 Å². The van der Waals surface area contributed by atoms with E-state index in [-0.39, 0.29) is 11.8 Å². The van der Waals surface area contributed by atoms with E-state index in [1.807, 2.05) is 74.8 Å². The number of rotatable bonds is 8. The number of amides is 1. The van der Waals surface area contributed by atoms with Gasteiger partial charge < -0.3 is 20.3 Å². The first-order valence-corrected chi connectivity index (χ1v) is 13.0. The highest BCUT2D eigenvalue weighted by Crippen LogP contribution is 2.32. The second kappa shape index (κ2) is 11.6. The Kier molecular flexibility index (Phi) is 7.77. The zero-order chi connectivity index (χ0) is 27.4. The summed E-state index contributed by atoms with van der Waals surface area (Å²) in [7, 11) is 4.07. The first-order valence-electron chi connectivity index (χ1n) is 12.6. The predicted octanol–water partition coefficient (Wildman–Crippen LogP) is 6.69. The quantitative estimate of drug-likeness (QED) is 0.193. The third-order valence-corrected chi connectivity index (χ3v) is 6.58. The maximum absolute atomic E-state index is 13.1. The Hall–Kier alpha value is -4.39. The molecule has 3 N–H and O–H groups in total. The number of aromatic nitrogens is 1. The minimum Gasteiger partial charge on any atom is -0.494 e. The van der Waals surface area contributed by atoms with E-state index in [0.717, 1.165) is 23.4 Å². The second-order valence-electron chi connectivity index (χ2n) is 9.65. The normalized spacial score (nSPS) is 11.7. The molecule has 39 heavy (non-hydrogen) atoms. The maximum Gasteiger partial charge on any atom is 0.251 e. The number of aromatic hydroxyl groups is 1. The van der Waals surface area contributed by atoms with Crippen molar-refractivity contribution in [1.82, 2.24) is 15.2 Å². The Morgan fingerprint density at radius 1 is 0.897 bits per heavy atom. The third kappa shape index (κ3) is 6.20. The van der Waals surface area contributed by atoms with Crippen LogP contribution in [0.3, 0.4) is 0 Å². The number of carbonyl (C=O) groups is 1. The van der Waals surface area contributed by atoms with Gasteiger partial charge >= 0.3 is 0 Å². The second-order valence-corrected chi connectivity index (χ2v) is 10.1. The molecule has 0 atom stereocenters. The number of aliphatic imine (C=N–C) groups is 1. The number of benzene rings is 4. The standard InChI is InChI=1S/C32H29ClN4O2/c1-37(2)20-21-11-14-26(15-12-21)35-30(23-8-4-3-5-9-23)29-27-18-24(13-16-28(27)36-32(29)39)31(38)34-19-22-7-6-10-25(33)17-22/h3-18,36,39H,19-20H2,1-2H3,(H,34,38). The summed E-state index contributed by atoms with van der Waals surface area (Å²) in [6.07, 6.45) is 0. The van der Waals surface area contributed by atoms with E-state index in [1.165, 1.54) is 5.56 Å². The van der Waals surface area contributed by atoms with Crippen molar-refractivity contribution >= 4 is 39.8 Å². The van der Waals surface area contributed by atoms with Crippen molar-refractivity contribution in [3.63, 3.8) is 0 Å². The van der Waals surface area contributed by atoms with Crippen LogP contribution in [0.15, 0.2) is 102 Å². The Bertz CT molecular complexity index is 1640. The number of carbonyl (C=O) groups excluding carboxylic acids is 1. The SMILES string of the molecule is CN(C)Cc1ccc(N=C(c2ccccc2)c2c(O)[nH]c3ccc(C(=O)NCc4cccc(Cl)c4)cc23)cc1. The summed E-state index contributed by atoms with van der Waals surface area (Å²) in [5.74, 6) is -0.230. The molecule has 1 aromatic heterocycles. The lowest BCUT2D eigenvalue weighted by molar-refractivity contribution is 0.0951. The van der Waals surface area contributed by atoms with E-state index in [4.69, 9.17) is 16.6 Å². The number of fused-ring (bicyclic) bond motifs is 1. The Morgan fingerprint density at radius 2 is 1.67 bits per heavy atom. The van der Waals surface area contributed by atoms with Gasteiger partial charge in [-0.2, -0.15) is 0 Å². The van der Waals surface area contributed by atoms with Gasteiger partial charge in [-0.1, -0.05) is 66.2 Å². The van der Waals surface area contributed by atoms with Crippen LogP contribution in [0, 0.1) is 0 Å². The number of hydrogen-bond acceptors (Lipinski definition) is 4. The molecule has 0 aliphatic carbocycles. The summed E-state index contributed by atoms with van der Waals surface area (Å²) in [4.78, 5) is 23.2. The van der Waals surface area contributed by atoms with Gasteiger partial charge in [-0.25, -0.2) is 4.99 Å². The fourth-order valence-corrected chi connectivity index (χ4v) is 4.73. The molecule has 1 amide bonds. The smallest absolute Gasteiger partial charge is 0.251 e. The molecule has 6 nitrogen and oxygen atoms in total. The largest absolute Gasteiger partial charge is 0.494 e. The third-order valence-electron chi connectivity index (χ3n) is 6.34. The van der Waals surface area contributed by atoms with Crippen molar-refractivity contribution in [2.45, 2.75) is 13.1 Å². The number of H-pyrrole nitrogens is 1. The lowest BCUT2D eigenvalue weighted by Crippen LogP contribution is -2.22. The van der Waals surface area contributed by atoms with Crippen molar-refractivity contribution in [2.24, 2.45) is 4.99 Å². The molecule has 7 heteroatoms. The summed E-state index contributed by atoms with van der Waals surface area (Å²) in [5, 5.41) is 15.3. The van der Waals surface area contributed by atoms with E-state index in [1.54, 1.807) is 24.3 Å². The van der Waals surface area contributed by atoms with Gasteiger partial charge in [-0.15, -0.1) is 0 Å². The number of hydrogen-bond donors (Lipinski definition) is 3. The molecule has 0 spiro atoms. The molecule has 4 aromatic carbocycles. The van der Waals surface area contributed by atoms with E-state index >= 15 is 0 Å². The van der Waals surface area contributed by atoms with E-state index in [0.29, 0.717) is 39.3 Å². The van der Waals surface area contributed by atoms with Crippen molar-refractivity contribution < 1.29 is 9.90 Å². The van der Waals surface area contributed by atoms with E-state index < -0.39 is 0 Å². The minimum absolute atomic E-state index is 0.00619.